The summed E-state index contributed by atoms with van der Waals surface area (Å²) in [6.45, 7) is 13.2. The molecule has 0 aliphatic heterocycles. The predicted molar refractivity (Wildman–Crippen MR) is 73.9 cm³/mol. The van der Waals surface area contributed by atoms with E-state index in [4.69, 9.17) is 4.74 Å². The van der Waals surface area contributed by atoms with E-state index in [-0.39, 0.29) is 6.10 Å². The van der Waals surface area contributed by atoms with Crippen molar-refractivity contribution in [2.45, 2.75) is 66.2 Å². The molecule has 0 aliphatic carbocycles. The molecule has 4 heteroatoms. The highest BCUT2D eigenvalue weighted by Crippen LogP contribution is 2.19. The van der Waals surface area contributed by atoms with Crippen LogP contribution in [0, 0.1) is 0 Å². The van der Waals surface area contributed by atoms with E-state index in [9.17, 15) is 0 Å². The molecule has 0 atom stereocenters. The molecule has 0 saturated carbocycles. The third kappa shape index (κ3) is 4.61. The van der Waals surface area contributed by atoms with Crippen LogP contribution in [-0.4, -0.2) is 22.1 Å². The molecule has 0 radical (unpaired) electrons. The largest absolute Gasteiger partial charge is 0.487 e. The first-order chi connectivity index (χ1) is 8.40. The highest BCUT2D eigenvalue weighted by Gasteiger charge is 2.12. The maximum Gasteiger partial charge on any atom is 0.160 e. The van der Waals surface area contributed by atoms with Crippen molar-refractivity contribution in [3.8, 4) is 5.75 Å². The molecule has 102 valence electrons. The molecule has 1 N–H and O–H groups in total. The van der Waals surface area contributed by atoms with Crippen LogP contribution in [0.5, 0.6) is 5.75 Å². The van der Waals surface area contributed by atoms with E-state index < -0.39 is 0 Å². The highest BCUT2D eigenvalue weighted by molar-refractivity contribution is 5.25. The van der Waals surface area contributed by atoms with Gasteiger partial charge in [-0.05, 0) is 13.8 Å². The lowest BCUT2D eigenvalue weighted by atomic mass is 10.2. The molecule has 18 heavy (non-hydrogen) atoms. The quantitative estimate of drug-likeness (QED) is 0.844. The first kappa shape index (κ1) is 14.9. The highest BCUT2D eigenvalue weighted by atomic mass is 16.5. The molecular weight excluding hydrogens is 226 g/mol. The standard InChI is InChI=1S/C14H25N3O/c1-9(2)14-16-8-13(18-11(5)6)12(17-14)7-15-10(3)4/h8-11,15H,7H2,1-6H3. The molecule has 0 bridgehead atoms. The van der Waals surface area contributed by atoms with Crippen molar-refractivity contribution in [2.24, 2.45) is 0 Å². The zero-order valence-corrected chi connectivity index (χ0v) is 12.3. The van der Waals surface area contributed by atoms with Crippen molar-refractivity contribution in [3.05, 3.63) is 17.7 Å². The van der Waals surface area contributed by atoms with Crippen molar-refractivity contribution in [3.63, 3.8) is 0 Å². The number of aromatic nitrogens is 2. The fraction of sp³-hybridized carbons (Fsp3) is 0.714. The van der Waals surface area contributed by atoms with Crippen LogP contribution < -0.4 is 10.1 Å². The first-order valence-electron chi connectivity index (χ1n) is 6.66. The van der Waals surface area contributed by atoms with Crippen LogP contribution in [0.15, 0.2) is 6.20 Å². The smallest absolute Gasteiger partial charge is 0.160 e. The Bertz CT molecular complexity index is 375. The van der Waals surface area contributed by atoms with E-state index in [1.807, 2.05) is 13.8 Å². The van der Waals surface area contributed by atoms with Crippen molar-refractivity contribution in [2.75, 3.05) is 0 Å². The van der Waals surface area contributed by atoms with E-state index >= 15 is 0 Å². The van der Waals surface area contributed by atoms with Gasteiger partial charge in [0, 0.05) is 18.5 Å². The summed E-state index contributed by atoms with van der Waals surface area (Å²) in [6, 6.07) is 0.425. The van der Waals surface area contributed by atoms with Gasteiger partial charge in [-0.3, -0.25) is 0 Å². The second kappa shape index (κ2) is 6.69. The first-order valence-corrected chi connectivity index (χ1v) is 6.66. The lowest BCUT2D eigenvalue weighted by Gasteiger charge is -2.16. The zero-order valence-electron chi connectivity index (χ0n) is 12.3. The van der Waals surface area contributed by atoms with E-state index in [0.29, 0.717) is 18.5 Å². The maximum atomic E-state index is 5.75. The van der Waals surface area contributed by atoms with Gasteiger partial charge in [-0.2, -0.15) is 0 Å². The predicted octanol–water partition coefficient (Wildman–Crippen LogP) is 2.89. The van der Waals surface area contributed by atoms with E-state index in [1.54, 1.807) is 6.20 Å². The molecule has 0 saturated heterocycles. The SMILES string of the molecule is CC(C)NCc1nc(C(C)C)ncc1OC(C)C. The van der Waals surface area contributed by atoms with Gasteiger partial charge < -0.3 is 10.1 Å². The Hall–Kier alpha value is -1.16. The Labute approximate surface area is 110 Å². The van der Waals surface area contributed by atoms with Crippen LogP contribution >= 0.6 is 0 Å². The Morgan fingerprint density at radius 1 is 1.17 bits per heavy atom. The minimum atomic E-state index is 0.135. The molecule has 1 aromatic heterocycles. The van der Waals surface area contributed by atoms with Crippen LogP contribution in [0.25, 0.3) is 0 Å². The van der Waals surface area contributed by atoms with Crippen molar-refractivity contribution in [1.82, 2.24) is 15.3 Å². The summed E-state index contributed by atoms with van der Waals surface area (Å²) in [5, 5.41) is 3.37. The van der Waals surface area contributed by atoms with Crippen LogP contribution in [0.2, 0.25) is 0 Å². The number of rotatable bonds is 6. The summed E-state index contributed by atoms with van der Waals surface area (Å²) < 4.78 is 5.75. The molecular formula is C14H25N3O. The molecule has 0 amide bonds. The molecule has 1 rings (SSSR count). The molecule has 0 aromatic carbocycles. The Kier molecular flexibility index (Phi) is 5.54. The monoisotopic (exact) mass is 251 g/mol. The Morgan fingerprint density at radius 2 is 1.83 bits per heavy atom. The molecule has 0 unspecified atom stereocenters. The lowest BCUT2D eigenvalue weighted by molar-refractivity contribution is 0.236. The summed E-state index contributed by atoms with van der Waals surface area (Å²) in [5.74, 6) is 1.98. The van der Waals surface area contributed by atoms with Gasteiger partial charge in [-0.25, -0.2) is 9.97 Å². The van der Waals surface area contributed by atoms with Gasteiger partial charge in [0.15, 0.2) is 5.75 Å². The number of ether oxygens (including phenoxy) is 1. The van der Waals surface area contributed by atoms with Crippen LogP contribution in [0.4, 0.5) is 0 Å². The summed E-state index contributed by atoms with van der Waals surface area (Å²) in [6.07, 6.45) is 1.93. The van der Waals surface area contributed by atoms with Gasteiger partial charge >= 0.3 is 0 Å². The number of nitrogens with zero attached hydrogens (tertiary/aromatic N) is 2. The van der Waals surface area contributed by atoms with Gasteiger partial charge in [0.25, 0.3) is 0 Å². The zero-order chi connectivity index (χ0) is 13.7. The third-order valence-corrected chi connectivity index (χ3v) is 2.40. The topological polar surface area (TPSA) is 47.0 Å². The molecule has 1 heterocycles. The Morgan fingerprint density at radius 3 is 2.33 bits per heavy atom. The van der Waals surface area contributed by atoms with Crippen molar-refractivity contribution >= 4 is 0 Å². The van der Waals surface area contributed by atoms with Crippen LogP contribution in [0.1, 0.15) is 59.0 Å². The average Bonchev–Trinajstić information content (AvgIpc) is 2.26. The second-order valence-corrected chi connectivity index (χ2v) is 5.40. The molecule has 0 spiro atoms. The maximum absolute atomic E-state index is 5.75. The van der Waals surface area contributed by atoms with Crippen LogP contribution in [-0.2, 0) is 6.54 Å². The third-order valence-electron chi connectivity index (χ3n) is 2.40. The second-order valence-electron chi connectivity index (χ2n) is 5.40. The fourth-order valence-corrected chi connectivity index (χ4v) is 1.48. The minimum Gasteiger partial charge on any atom is -0.487 e. The van der Waals surface area contributed by atoms with Gasteiger partial charge in [0.2, 0.25) is 0 Å². The van der Waals surface area contributed by atoms with E-state index in [2.05, 4.69) is 43.0 Å². The summed E-state index contributed by atoms with van der Waals surface area (Å²) in [7, 11) is 0. The lowest BCUT2D eigenvalue weighted by Crippen LogP contribution is -2.24. The van der Waals surface area contributed by atoms with Crippen molar-refractivity contribution in [1.29, 1.82) is 0 Å². The van der Waals surface area contributed by atoms with Gasteiger partial charge in [-0.1, -0.05) is 27.7 Å². The van der Waals surface area contributed by atoms with Crippen LogP contribution in [0.3, 0.4) is 0 Å². The number of hydrogen-bond donors (Lipinski definition) is 1. The summed E-state index contributed by atoms with van der Waals surface area (Å²) >= 11 is 0. The average molecular weight is 251 g/mol. The summed E-state index contributed by atoms with van der Waals surface area (Å²) in [4.78, 5) is 8.95. The molecule has 0 fully saturated rings. The normalized spacial score (nSPS) is 11.6. The minimum absolute atomic E-state index is 0.135. The van der Waals surface area contributed by atoms with Gasteiger partial charge in [0.05, 0.1) is 18.0 Å². The Balaban J connectivity index is 2.94. The molecule has 0 aliphatic rings. The van der Waals surface area contributed by atoms with Gasteiger partial charge in [-0.15, -0.1) is 0 Å². The fourth-order valence-electron chi connectivity index (χ4n) is 1.48. The van der Waals surface area contributed by atoms with Crippen molar-refractivity contribution < 1.29 is 4.74 Å². The van der Waals surface area contributed by atoms with E-state index in [1.165, 1.54) is 0 Å². The van der Waals surface area contributed by atoms with Gasteiger partial charge in [0.1, 0.15) is 5.82 Å². The molecule has 1 aromatic rings. The molecule has 4 nitrogen and oxygen atoms in total. The van der Waals surface area contributed by atoms with E-state index in [0.717, 1.165) is 17.3 Å². The number of hydrogen-bond acceptors (Lipinski definition) is 4. The number of nitrogens with one attached hydrogen (secondary N) is 1. The summed E-state index contributed by atoms with van der Waals surface area (Å²) in [5.41, 5.74) is 0.941.